The van der Waals surface area contributed by atoms with Crippen molar-refractivity contribution in [1.82, 2.24) is 4.90 Å². The molecule has 1 aliphatic carbocycles. The smallest absolute Gasteiger partial charge is 0.0885 e. The molecule has 1 fully saturated rings. The van der Waals surface area contributed by atoms with Gasteiger partial charge in [-0.05, 0) is 47.2 Å². The van der Waals surface area contributed by atoms with Gasteiger partial charge in [-0.15, -0.1) is 11.8 Å². The maximum atomic E-state index is 2.74. The molecule has 0 amide bonds. The molecule has 2 aliphatic rings. The zero-order chi connectivity index (χ0) is 21.7. The monoisotopic (exact) mass is 433 g/mol. The predicted octanol–water partition coefficient (Wildman–Crippen LogP) is 7.81. The van der Waals surface area contributed by atoms with E-state index in [1.165, 1.54) is 33.4 Å². The maximum absolute atomic E-state index is 2.74. The van der Waals surface area contributed by atoms with Crippen molar-refractivity contribution in [3.63, 3.8) is 0 Å². The highest BCUT2D eigenvalue weighted by atomic mass is 32.2. The Hall–Kier alpha value is -2.81. The van der Waals surface area contributed by atoms with E-state index in [0.29, 0.717) is 6.04 Å². The highest BCUT2D eigenvalue weighted by Gasteiger charge is 2.59. The van der Waals surface area contributed by atoms with E-state index in [2.05, 4.69) is 140 Å². The normalized spacial score (nSPS) is 21.1. The van der Waals surface area contributed by atoms with Crippen molar-refractivity contribution in [1.29, 1.82) is 0 Å². The Bertz CT molecular complexity index is 1200. The van der Waals surface area contributed by atoms with Crippen molar-refractivity contribution in [3.8, 4) is 11.1 Å². The Morgan fingerprint density at radius 2 is 1.09 bits per heavy atom. The molecule has 158 valence electrons. The standard InChI is InChI=1S/C30H27NS/c1-21(2)31-28(22-13-5-3-6-14-22)30(32-29(31)23-15-7-4-8-16-23)26-19-11-9-17-24(26)25-18-10-12-20-27(25)30/h3-21,28-29H,1-2H3/t28-,29+/m1/s1. The number of nitrogens with zero attached hydrogens (tertiary/aromatic N) is 1. The topological polar surface area (TPSA) is 3.24 Å². The van der Waals surface area contributed by atoms with Crippen LogP contribution in [0.1, 0.15) is 47.5 Å². The van der Waals surface area contributed by atoms with E-state index in [1.807, 2.05) is 0 Å². The second kappa shape index (κ2) is 7.65. The first-order chi connectivity index (χ1) is 15.7. The third-order valence-corrected chi connectivity index (χ3v) is 8.77. The van der Waals surface area contributed by atoms with Crippen LogP contribution in [0.4, 0.5) is 0 Å². The van der Waals surface area contributed by atoms with Crippen molar-refractivity contribution < 1.29 is 0 Å². The number of hydrogen-bond donors (Lipinski definition) is 0. The lowest BCUT2D eigenvalue weighted by molar-refractivity contribution is 0.139. The SMILES string of the molecule is CC(C)N1[C@H](c2ccccc2)SC2(c3ccccc3-c3ccccc32)[C@H]1c1ccccc1. The molecular weight excluding hydrogens is 406 g/mol. The summed E-state index contributed by atoms with van der Waals surface area (Å²) in [5, 5.41) is 0.278. The lowest BCUT2D eigenvalue weighted by atomic mass is 9.82. The minimum atomic E-state index is -0.153. The Kier molecular flexibility index (Phi) is 4.74. The zero-order valence-corrected chi connectivity index (χ0v) is 19.3. The van der Waals surface area contributed by atoms with Gasteiger partial charge in [0, 0.05) is 6.04 Å². The first-order valence-corrected chi connectivity index (χ1v) is 12.3. The Morgan fingerprint density at radius 1 is 0.625 bits per heavy atom. The van der Waals surface area contributed by atoms with Gasteiger partial charge in [0.05, 0.1) is 16.2 Å². The van der Waals surface area contributed by atoms with E-state index in [1.54, 1.807) is 0 Å². The van der Waals surface area contributed by atoms with Gasteiger partial charge in [0.1, 0.15) is 0 Å². The molecule has 2 atom stereocenters. The Balaban J connectivity index is 1.68. The Morgan fingerprint density at radius 3 is 1.62 bits per heavy atom. The van der Waals surface area contributed by atoms with E-state index < -0.39 is 0 Å². The second-order valence-corrected chi connectivity index (χ2v) is 10.4. The van der Waals surface area contributed by atoms with Crippen LogP contribution in [-0.4, -0.2) is 10.9 Å². The van der Waals surface area contributed by atoms with Crippen molar-refractivity contribution in [3.05, 3.63) is 131 Å². The van der Waals surface area contributed by atoms with Gasteiger partial charge >= 0.3 is 0 Å². The van der Waals surface area contributed by atoms with Crippen molar-refractivity contribution >= 4 is 11.8 Å². The molecule has 0 aromatic heterocycles. The van der Waals surface area contributed by atoms with E-state index >= 15 is 0 Å². The van der Waals surface area contributed by atoms with E-state index in [4.69, 9.17) is 0 Å². The third-order valence-electron chi connectivity index (χ3n) is 6.99. The van der Waals surface area contributed by atoms with Crippen molar-refractivity contribution in [2.45, 2.75) is 36.1 Å². The molecule has 1 aliphatic heterocycles. The lowest BCUT2D eigenvalue weighted by Crippen LogP contribution is -2.38. The maximum Gasteiger partial charge on any atom is 0.0885 e. The van der Waals surface area contributed by atoms with Gasteiger partial charge in [0.25, 0.3) is 0 Å². The van der Waals surface area contributed by atoms with Gasteiger partial charge in [-0.3, -0.25) is 4.90 Å². The quantitative estimate of drug-likeness (QED) is 0.324. The van der Waals surface area contributed by atoms with Crippen LogP contribution in [0, 0.1) is 0 Å². The first-order valence-electron chi connectivity index (χ1n) is 11.5. The van der Waals surface area contributed by atoms with E-state index in [9.17, 15) is 0 Å². The molecule has 2 heteroatoms. The minimum Gasteiger partial charge on any atom is -0.276 e. The van der Waals surface area contributed by atoms with Crippen LogP contribution >= 0.6 is 11.8 Å². The summed E-state index contributed by atoms with van der Waals surface area (Å²) < 4.78 is -0.153. The molecule has 1 saturated heterocycles. The molecule has 1 heterocycles. The molecule has 6 rings (SSSR count). The fourth-order valence-corrected chi connectivity index (χ4v) is 7.89. The highest BCUT2D eigenvalue weighted by Crippen LogP contribution is 2.71. The number of fused-ring (bicyclic) bond motifs is 5. The van der Waals surface area contributed by atoms with Gasteiger partial charge in [-0.2, -0.15) is 0 Å². The average molecular weight is 434 g/mol. The predicted molar refractivity (Wildman–Crippen MR) is 136 cm³/mol. The van der Waals surface area contributed by atoms with Crippen LogP contribution in [0.2, 0.25) is 0 Å². The number of rotatable bonds is 3. The molecule has 0 bridgehead atoms. The van der Waals surface area contributed by atoms with Gasteiger partial charge in [-0.25, -0.2) is 0 Å². The molecule has 0 unspecified atom stereocenters. The fourth-order valence-electron chi connectivity index (χ4n) is 5.77. The summed E-state index contributed by atoms with van der Waals surface area (Å²) in [7, 11) is 0. The van der Waals surface area contributed by atoms with Crippen LogP contribution in [0.3, 0.4) is 0 Å². The summed E-state index contributed by atoms with van der Waals surface area (Å²) >= 11 is 2.12. The summed E-state index contributed by atoms with van der Waals surface area (Å²) in [6.07, 6.45) is 0. The molecule has 0 saturated carbocycles. The molecule has 4 aromatic rings. The number of hydrogen-bond acceptors (Lipinski definition) is 2. The highest BCUT2D eigenvalue weighted by molar-refractivity contribution is 8.01. The van der Waals surface area contributed by atoms with E-state index in [-0.39, 0.29) is 16.2 Å². The minimum absolute atomic E-state index is 0.153. The molecule has 1 spiro atoms. The molecule has 0 radical (unpaired) electrons. The zero-order valence-electron chi connectivity index (χ0n) is 18.5. The van der Waals surface area contributed by atoms with Crippen LogP contribution in [0.15, 0.2) is 109 Å². The van der Waals surface area contributed by atoms with Gasteiger partial charge in [0.15, 0.2) is 0 Å². The number of thioether (sulfide) groups is 1. The van der Waals surface area contributed by atoms with Gasteiger partial charge in [0.2, 0.25) is 0 Å². The summed E-state index contributed by atoms with van der Waals surface area (Å²) in [5.74, 6) is 0. The molecular formula is C30H27NS. The van der Waals surface area contributed by atoms with Gasteiger partial charge in [-0.1, -0.05) is 109 Å². The summed E-state index contributed by atoms with van der Waals surface area (Å²) in [6.45, 7) is 4.69. The largest absolute Gasteiger partial charge is 0.276 e. The summed E-state index contributed by atoms with van der Waals surface area (Å²) in [6, 6.07) is 41.0. The van der Waals surface area contributed by atoms with E-state index in [0.717, 1.165) is 0 Å². The molecule has 4 aromatic carbocycles. The van der Waals surface area contributed by atoms with Crippen LogP contribution < -0.4 is 0 Å². The van der Waals surface area contributed by atoms with Gasteiger partial charge < -0.3 is 0 Å². The van der Waals surface area contributed by atoms with Crippen molar-refractivity contribution in [2.24, 2.45) is 0 Å². The first kappa shape index (κ1) is 19.8. The Labute approximate surface area is 195 Å². The second-order valence-electron chi connectivity index (χ2n) is 9.06. The van der Waals surface area contributed by atoms with Crippen LogP contribution in [-0.2, 0) is 4.75 Å². The summed E-state index contributed by atoms with van der Waals surface area (Å²) in [5.41, 5.74) is 8.43. The molecule has 1 nitrogen and oxygen atoms in total. The third kappa shape index (κ3) is 2.76. The van der Waals surface area contributed by atoms with Crippen molar-refractivity contribution in [2.75, 3.05) is 0 Å². The van der Waals surface area contributed by atoms with Crippen LogP contribution in [0.5, 0.6) is 0 Å². The summed E-state index contributed by atoms with van der Waals surface area (Å²) in [4.78, 5) is 2.74. The number of benzene rings is 4. The molecule has 32 heavy (non-hydrogen) atoms. The lowest BCUT2D eigenvalue weighted by Gasteiger charge is -2.38. The average Bonchev–Trinajstić information content (AvgIpc) is 3.35. The fraction of sp³-hybridized carbons (Fsp3) is 0.200. The molecule has 0 N–H and O–H groups in total. The van der Waals surface area contributed by atoms with Crippen LogP contribution in [0.25, 0.3) is 11.1 Å².